The van der Waals surface area contributed by atoms with Gasteiger partial charge in [-0.25, -0.2) is 0 Å². The molecule has 0 saturated heterocycles. The highest BCUT2D eigenvalue weighted by molar-refractivity contribution is 5.48. The fourth-order valence-corrected chi connectivity index (χ4v) is 1.38. The van der Waals surface area contributed by atoms with Crippen LogP contribution in [0.4, 0.5) is 5.69 Å². The molecule has 1 aromatic carbocycles. The van der Waals surface area contributed by atoms with Gasteiger partial charge in [0.2, 0.25) is 0 Å². The lowest BCUT2D eigenvalue weighted by molar-refractivity contribution is 0.307. The van der Waals surface area contributed by atoms with E-state index in [9.17, 15) is 0 Å². The van der Waals surface area contributed by atoms with E-state index in [-0.39, 0.29) is 0 Å². The molecule has 82 valence electrons. The van der Waals surface area contributed by atoms with Crippen molar-refractivity contribution in [2.24, 2.45) is 0 Å². The Kier molecular flexibility index (Phi) is 4.75. The van der Waals surface area contributed by atoms with E-state index in [1.54, 1.807) is 0 Å². The van der Waals surface area contributed by atoms with E-state index in [1.807, 2.05) is 24.3 Å². The second kappa shape index (κ2) is 6.12. The first-order valence-electron chi connectivity index (χ1n) is 5.40. The average molecular weight is 205 g/mol. The van der Waals surface area contributed by atoms with Gasteiger partial charge in [-0.15, -0.1) is 6.58 Å². The van der Waals surface area contributed by atoms with Gasteiger partial charge < -0.3 is 10.5 Å². The number of allylic oxidation sites excluding steroid dienone is 1. The number of anilines is 1. The molecule has 2 nitrogen and oxygen atoms in total. The van der Waals surface area contributed by atoms with Crippen LogP contribution in [0.1, 0.15) is 25.3 Å². The van der Waals surface area contributed by atoms with Crippen LogP contribution < -0.4 is 10.5 Å². The summed E-state index contributed by atoms with van der Waals surface area (Å²) in [5, 5.41) is 0. The summed E-state index contributed by atoms with van der Waals surface area (Å²) in [7, 11) is 0. The van der Waals surface area contributed by atoms with Crippen molar-refractivity contribution in [3.8, 4) is 5.75 Å². The van der Waals surface area contributed by atoms with Crippen molar-refractivity contribution in [2.45, 2.75) is 26.2 Å². The Morgan fingerprint density at radius 3 is 2.93 bits per heavy atom. The highest BCUT2D eigenvalue weighted by atomic mass is 16.5. The molecule has 0 bridgehead atoms. The van der Waals surface area contributed by atoms with Crippen molar-refractivity contribution in [1.29, 1.82) is 0 Å². The van der Waals surface area contributed by atoms with Crippen molar-refractivity contribution in [3.05, 3.63) is 36.4 Å². The van der Waals surface area contributed by atoms with Crippen molar-refractivity contribution >= 4 is 5.69 Å². The normalized spacial score (nSPS) is 9.93. The second-order valence-electron chi connectivity index (χ2n) is 3.56. The van der Waals surface area contributed by atoms with Gasteiger partial charge in [0.15, 0.2) is 0 Å². The molecule has 0 spiro atoms. The third-order valence-electron chi connectivity index (χ3n) is 2.20. The third-order valence-corrected chi connectivity index (χ3v) is 2.20. The standard InChI is InChI=1S/C13H19NO/c1-3-5-9-15-13-8-7-12(14)10-11(13)6-4-2/h4,7-8,10H,2-3,5-6,9,14H2,1H3. The SMILES string of the molecule is C=CCc1cc(N)ccc1OCCCC. The first-order valence-corrected chi connectivity index (χ1v) is 5.40. The molecular weight excluding hydrogens is 186 g/mol. The Morgan fingerprint density at radius 1 is 1.47 bits per heavy atom. The average Bonchev–Trinajstić information content (AvgIpc) is 2.22. The van der Waals surface area contributed by atoms with Crippen LogP contribution in [0, 0.1) is 0 Å². The van der Waals surface area contributed by atoms with Gasteiger partial charge in [-0.3, -0.25) is 0 Å². The number of benzene rings is 1. The lowest BCUT2D eigenvalue weighted by atomic mass is 10.1. The molecule has 15 heavy (non-hydrogen) atoms. The summed E-state index contributed by atoms with van der Waals surface area (Å²) >= 11 is 0. The molecule has 0 amide bonds. The zero-order valence-corrected chi connectivity index (χ0v) is 9.33. The summed E-state index contributed by atoms with van der Waals surface area (Å²) in [6.45, 7) is 6.65. The maximum atomic E-state index is 5.72. The summed E-state index contributed by atoms with van der Waals surface area (Å²) in [6.07, 6.45) is 4.89. The van der Waals surface area contributed by atoms with Crippen molar-refractivity contribution < 1.29 is 4.74 Å². The van der Waals surface area contributed by atoms with Crippen LogP contribution in [0.25, 0.3) is 0 Å². The van der Waals surface area contributed by atoms with Gasteiger partial charge >= 0.3 is 0 Å². The monoisotopic (exact) mass is 205 g/mol. The zero-order chi connectivity index (χ0) is 11.1. The summed E-state index contributed by atoms with van der Waals surface area (Å²) < 4.78 is 5.68. The van der Waals surface area contributed by atoms with Crippen LogP contribution in [-0.4, -0.2) is 6.61 Å². The number of nitrogen functional groups attached to an aromatic ring is 1. The molecule has 0 saturated carbocycles. The van der Waals surface area contributed by atoms with E-state index in [0.29, 0.717) is 0 Å². The Balaban J connectivity index is 2.71. The Bertz CT molecular complexity index is 320. The van der Waals surface area contributed by atoms with Gasteiger partial charge in [-0.1, -0.05) is 19.4 Å². The van der Waals surface area contributed by atoms with Crippen LogP contribution in [0.3, 0.4) is 0 Å². The fraction of sp³-hybridized carbons (Fsp3) is 0.385. The quantitative estimate of drug-likeness (QED) is 0.440. The van der Waals surface area contributed by atoms with Crippen LogP contribution in [0.2, 0.25) is 0 Å². The van der Waals surface area contributed by atoms with E-state index in [1.165, 1.54) is 0 Å². The highest BCUT2D eigenvalue weighted by Gasteiger charge is 2.02. The van der Waals surface area contributed by atoms with Crippen molar-refractivity contribution in [2.75, 3.05) is 12.3 Å². The smallest absolute Gasteiger partial charge is 0.122 e. The van der Waals surface area contributed by atoms with Gasteiger partial charge in [0.1, 0.15) is 5.75 Å². The number of hydrogen-bond donors (Lipinski definition) is 1. The molecular formula is C13H19NO. The summed E-state index contributed by atoms with van der Waals surface area (Å²) in [5.74, 6) is 0.928. The van der Waals surface area contributed by atoms with E-state index < -0.39 is 0 Å². The number of rotatable bonds is 6. The lowest BCUT2D eigenvalue weighted by Crippen LogP contribution is -2.00. The largest absolute Gasteiger partial charge is 0.493 e. The summed E-state index contributed by atoms with van der Waals surface area (Å²) in [6, 6.07) is 5.75. The number of nitrogens with two attached hydrogens (primary N) is 1. The Labute approximate surface area is 91.7 Å². The zero-order valence-electron chi connectivity index (χ0n) is 9.33. The van der Waals surface area contributed by atoms with Gasteiger partial charge in [-0.05, 0) is 36.6 Å². The topological polar surface area (TPSA) is 35.2 Å². The molecule has 0 heterocycles. The number of ether oxygens (including phenoxy) is 1. The van der Waals surface area contributed by atoms with E-state index in [0.717, 1.165) is 42.9 Å². The van der Waals surface area contributed by atoms with Crippen molar-refractivity contribution in [3.63, 3.8) is 0 Å². The maximum Gasteiger partial charge on any atom is 0.122 e. The second-order valence-corrected chi connectivity index (χ2v) is 3.56. The van der Waals surface area contributed by atoms with Crippen LogP contribution in [0.15, 0.2) is 30.9 Å². The van der Waals surface area contributed by atoms with E-state index in [2.05, 4.69) is 13.5 Å². The van der Waals surface area contributed by atoms with E-state index in [4.69, 9.17) is 10.5 Å². The van der Waals surface area contributed by atoms with Gasteiger partial charge in [0.05, 0.1) is 6.61 Å². The molecule has 0 atom stereocenters. The molecule has 0 fully saturated rings. The molecule has 0 aliphatic carbocycles. The molecule has 1 rings (SSSR count). The first-order chi connectivity index (χ1) is 7.27. The molecule has 0 aliphatic rings. The predicted octanol–water partition coefficient (Wildman–Crippen LogP) is 3.18. The third kappa shape index (κ3) is 3.66. The predicted molar refractivity (Wildman–Crippen MR) is 65.2 cm³/mol. The molecule has 2 heteroatoms. The minimum absolute atomic E-state index is 0.768. The van der Waals surface area contributed by atoms with Crippen LogP contribution in [-0.2, 0) is 6.42 Å². The van der Waals surface area contributed by atoms with E-state index >= 15 is 0 Å². The molecule has 0 aromatic heterocycles. The lowest BCUT2D eigenvalue weighted by Gasteiger charge is -2.10. The fourth-order valence-electron chi connectivity index (χ4n) is 1.38. The molecule has 1 aromatic rings. The number of hydrogen-bond acceptors (Lipinski definition) is 2. The van der Waals surface area contributed by atoms with Crippen molar-refractivity contribution in [1.82, 2.24) is 0 Å². The van der Waals surface area contributed by atoms with Gasteiger partial charge in [-0.2, -0.15) is 0 Å². The summed E-state index contributed by atoms with van der Waals surface area (Å²) in [5.41, 5.74) is 7.61. The Morgan fingerprint density at radius 2 is 2.27 bits per heavy atom. The highest BCUT2D eigenvalue weighted by Crippen LogP contribution is 2.22. The number of unbranched alkanes of at least 4 members (excludes halogenated alkanes) is 1. The maximum absolute atomic E-state index is 5.72. The van der Waals surface area contributed by atoms with Gasteiger partial charge in [0, 0.05) is 5.69 Å². The van der Waals surface area contributed by atoms with Crippen LogP contribution in [0.5, 0.6) is 5.75 Å². The van der Waals surface area contributed by atoms with Crippen LogP contribution >= 0.6 is 0 Å². The van der Waals surface area contributed by atoms with Gasteiger partial charge in [0.25, 0.3) is 0 Å². The molecule has 2 N–H and O–H groups in total. The summed E-state index contributed by atoms with van der Waals surface area (Å²) in [4.78, 5) is 0. The minimum atomic E-state index is 0.768. The minimum Gasteiger partial charge on any atom is -0.493 e. The first kappa shape index (κ1) is 11.6. The molecule has 0 radical (unpaired) electrons. The molecule has 0 unspecified atom stereocenters. The Hall–Kier alpha value is -1.44. The molecule has 0 aliphatic heterocycles.